The topological polar surface area (TPSA) is 55.1 Å². The van der Waals surface area contributed by atoms with Gasteiger partial charge >= 0.3 is 0 Å². The first-order valence-electron chi connectivity index (χ1n) is 7.26. The largest absolute Gasteiger partial charge is 0.368 e. The van der Waals surface area contributed by atoms with Crippen LogP contribution in [0.25, 0.3) is 0 Å². The molecule has 1 amide bonds. The maximum absolute atomic E-state index is 12.1. The van der Waals surface area contributed by atoms with Crippen molar-refractivity contribution >= 4 is 5.91 Å². The van der Waals surface area contributed by atoms with Gasteiger partial charge in [0, 0.05) is 6.04 Å². The SMILES string of the molecule is NC(=O)C1(NC2CC2)C2CC3CC(C2)CC1C3. The molecule has 3 heteroatoms. The van der Waals surface area contributed by atoms with Crippen LogP contribution in [0.1, 0.15) is 44.9 Å². The van der Waals surface area contributed by atoms with Crippen molar-refractivity contribution in [1.29, 1.82) is 0 Å². The van der Waals surface area contributed by atoms with Crippen molar-refractivity contribution < 1.29 is 4.79 Å². The Morgan fingerprint density at radius 3 is 1.94 bits per heavy atom. The number of nitrogens with two attached hydrogens (primary N) is 1. The van der Waals surface area contributed by atoms with Crippen LogP contribution in [0.5, 0.6) is 0 Å². The second-order valence-corrected chi connectivity index (χ2v) is 6.96. The Hall–Kier alpha value is -0.570. The van der Waals surface area contributed by atoms with Crippen LogP contribution in [-0.2, 0) is 4.79 Å². The second kappa shape index (κ2) is 3.25. The molecule has 3 nitrogen and oxygen atoms in total. The van der Waals surface area contributed by atoms with E-state index in [2.05, 4.69) is 5.32 Å². The van der Waals surface area contributed by atoms with Crippen molar-refractivity contribution in [2.24, 2.45) is 29.4 Å². The van der Waals surface area contributed by atoms with E-state index in [9.17, 15) is 4.79 Å². The molecule has 0 aromatic heterocycles. The Bertz CT molecular complexity index is 333. The third-order valence-corrected chi connectivity index (χ3v) is 5.85. The van der Waals surface area contributed by atoms with Crippen molar-refractivity contribution in [3.05, 3.63) is 0 Å². The smallest absolute Gasteiger partial charge is 0.238 e. The normalized spacial score (nSPS) is 51.8. The highest BCUT2D eigenvalue weighted by atomic mass is 16.1. The van der Waals surface area contributed by atoms with E-state index in [1.54, 1.807) is 0 Å². The monoisotopic (exact) mass is 234 g/mol. The van der Waals surface area contributed by atoms with Crippen LogP contribution in [-0.4, -0.2) is 17.5 Å². The first-order valence-corrected chi connectivity index (χ1v) is 7.26. The minimum Gasteiger partial charge on any atom is -0.368 e. The third kappa shape index (κ3) is 1.35. The summed E-state index contributed by atoms with van der Waals surface area (Å²) in [5.41, 5.74) is 5.50. The molecule has 0 aromatic rings. The minimum absolute atomic E-state index is 0.0572. The molecule has 5 aliphatic carbocycles. The van der Waals surface area contributed by atoms with E-state index < -0.39 is 0 Å². The van der Waals surface area contributed by atoms with Gasteiger partial charge in [-0.15, -0.1) is 0 Å². The molecule has 0 unspecified atom stereocenters. The van der Waals surface area contributed by atoms with Gasteiger partial charge in [0.1, 0.15) is 5.54 Å². The summed E-state index contributed by atoms with van der Waals surface area (Å²) in [5.74, 6) is 2.81. The molecule has 5 saturated carbocycles. The molecule has 0 saturated heterocycles. The fraction of sp³-hybridized carbons (Fsp3) is 0.929. The summed E-state index contributed by atoms with van der Waals surface area (Å²) < 4.78 is 0. The molecule has 0 aliphatic heterocycles. The maximum atomic E-state index is 12.1. The first-order chi connectivity index (χ1) is 8.18. The van der Waals surface area contributed by atoms with Gasteiger partial charge in [-0.25, -0.2) is 0 Å². The van der Waals surface area contributed by atoms with Gasteiger partial charge in [0.2, 0.25) is 5.91 Å². The van der Waals surface area contributed by atoms with Gasteiger partial charge in [0.25, 0.3) is 0 Å². The molecule has 0 atom stereocenters. The number of rotatable bonds is 3. The summed E-state index contributed by atoms with van der Waals surface area (Å²) in [6.45, 7) is 0. The number of carbonyl (C=O) groups is 1. The van der Waals surface area contributed by atoms with Gasteiger partial charge in [-0.2, -0.15) is 0 Å². The van der Waals surface area contributed by atoms with Crippen LogP contribution < -0.4 is 11.1 Å². The van der Waals surface area contributed by atoms with Crippen molar-refractivity contribution in [3.8, 4) is 0 Å². The van der Waals surface area contributed by atoms with E-state index >= 15 is 0 Å². The summed E-state index contributed by atoms with van der Waals surface area (Å²) >= 11 is 0. The van der Waals surface area contributed by atoms with E-state index in [0.717, 1.165) is 11.8 Å². The van der Waals surface area contributed by atoms with Crippen molar-refractivity contribution in [2.75, 3.05) is 0 Å². The lowest BCUT2D eigenvalue weighted by Crippen LogP contribution is -2.71. The van der Waals surface area contributed by atoms with Gasteiger partial charge in [-0.3, -0.25) is 4.79 Å². The van der Waals surface area contributed by atoms with Crippen molar-refractivity contribution in [2.45, 2.75) is 56.5 Å². The molecule has 94 valence electrons. The first kappa shape index (κ1) is 10.4. The molecule has 3 N–H and O–H groups in total. The van der Waals surface area contributed by atoms with Gasteiger partial charge in [0.15, 0.2) is 0 Å². The number of nitrogens with one attached hydrogen (secondary N) is 1. The predicted octanol–water partition coefficient (Wildman–Crippen LogP) is 1.42. The standard InChI is InChI=1S/C14H22N2O/c15-13(17)14(16-12-1-2-12)10-4-8-3-9(6-10)7-11(14)5-8/h8-12,16H,1-7H2,(H2,15,17). The maximum Gasteiger partial charge on any atom is 0.238 e. The molecule has 5 fully saturated rings. The Morgan fingerprint density at radius 1 is 1.00 bits per heavy atom. The quantitative estimate of drug-likeness (QED) is 0.776. The molecule has 5 rings (SSSR count). The average molecular weight is 234 g/mol. The van der Waals surface area contributed by atoms with Crippen LogP contribution in [0.15, 0.2) is 0 Å². The zero-order valence-electron chi connectivity index (χ0n) is 10.3. The summed E-state index contributed by atoms with van der Waals surface area (Å²) in [4.78, 5) is 12.1. The van der Waals surface area contributed by atoms with E-state index in [1.807, 2.05) is 0 Å². The summed E-state index contributed by atoms with van der Waals surface area (Å²) in [7, 11) is 0. The van der Waals surface area contributed by atoms with Crippen LogP contribution >= 0.6 is 0 Å². The molecule has 0 radical (unpaired) electrons. The third-order valence-electron chi connectivity index (χ3n) is 5.85. The van der Waals surface area contributed by atoms with Crippen molar-refractivity contribution in [3.63, 3.8) is 0 Å². The number of hydrogen-bond donors (Lipinski definition) is 2. The van der Waals surface area contributed by atoms with Crippen LogP contribution in [0, 0.1) is 23.7 Å². The number of carbonyl (C=O) groups excluding carboxylic acids is 1. The van der Waals surface area contributed by atoms with Gasteiger partial charge < -0.3 is 11.1 Å². The fourth-order valence-electron chi connectivity index (χ4n) is 5.20. The van der Waals surface area contributed by atoms with Crippen LogP contribution in [0.2, 0.25) is 0 Å². The van der Waals surface area contributed by atoms with Crippen LogP contribution in [0.3, 0.4) is 0 Å². The second-order valence-electron chi connectivity index (χ2n) is 6.96. The predicted molar refractivity (Wildman–Crippen MR) is 65.1 cm³/mol. The lowest BCUT2D eigenvalue weighted by Gasteiger charge is -2.60. The number of primary amides is 1. The lowest BCUT2D eigenvalue weighted by molar-refractivity contribution is -0.143. The number of amides is 1. The molecule has 0 spiro atoms. The summed E-state index contributed by atoms with van der Waals surface area (Å²) in [6, 6.07) is 0.583. The van der Waals surface area contributed by atoms with Gasteiger partial charge in [0.05, 0.1) is 0 Å². The van der Waals surface area contributed by atoms with Gasteiger partial charge in [-0.05, 0) is 68.6 Å². The summed E-state index contributed by atoms with van der Waals surface area (Å²) in [6.07, 6.45) is 8.88. The molecule has 4 bridgehead atoms. The lowest BCUT2D eigenvalue weighted by atomic mass is 9.48. The Morgan fingerprint density at radius 2 is 1.53 bits per heavy atom. The van der Waals surface area contributed by atoms with Crippen molar-refractivity contribution in [1.82, 2.24) is 5.32 Å². The zero-order chi connectivity index (χ0) is 11.6. The van der Waals surface area contributed by atoms with Gasteiger partial charge in [-0.1, -0.05) is 0 Å². The molecular weight excluding hydrogens is 212 g/mol. The Labute approximate surface area is 103 Å². The fourth-order valence-corrected chi connectivity index (χ4v) is 5.20. The Kier molecular flexibility index (Phi) is 1.98. The van der Waals surface area contributed by atoms with E-state index in [-0.39, 0.29) is 11.4 Å². The minimum atomic E-state index is -0.325. The van der Waals surface area contributed by atoms with Crippen LogP contribution in [0.4, 0.5) is 0 Å². The van der Waals surface area contributed by atoms with E-state index in [0.29, 0.717) is 17.9 Å². The highest BCUT2D eigenvalue weighted by molar-refractivity contribution is 5.86. The molecular formula is C14H22N2O. The highest BCUT2D eigenvalue weighted by Crippen LogP contribution is 2.58. The molecule has 0 heterocycles. The Balaban J connectivity index is 1.70. The van der Waals surface area contributed by atoms with E-state index in [1.165, 1.54) is 44.9 Å². The molecule has 5 aliphatic rings. The average Bonchev–Trinajstić information content (AvgIpc) is 3.05. The zero-order valence-corrected chi connectivity index (χ0v) is 10.3. The molecule has 0 aromatic carbocycles. The highest BCUT2D eigenvalue weighted by Gasteiger charge is 2.61. The summed E-state index contributed by atoms with van der Waals surface area (Å²) in [5, 5.41) is 3.67. The molecule has 17 heavy (non-hydrogen) atoms. The number of hydrogen-bond acceptors (Lipinski definition) is 2. The van der Waals surface area contributed by atoms with E-state index in [4.69, 9.17) is 5.73 Å².